The van der Waals surface area contributed by atoms with E-state index in [0.717, 1.165) is 5.56 Å². The van der Waals surface area contributed by atoms with Gasteiger partial charge in [0.1, 0.15) is 0 Å². The van der Waals surface area contributed by atoms with Gasteiger partial charge in [0.2, 0.25) is 0 Å². The van der Waals surface area contributed by atoms with Crippen molar-refractivity contribution in [1.82, 2.24) is 4.84 Å². The summed E-state index contributed by atoms with van der Waals surface area (Å²) >= 11 is 11.6. The van der Waals surface area contributed by atoms with Gasteiger partial charge in [-0.2, -0.15) is 0 Å². The summed E-state index contributed by atoms with van der Waals surface area (Å²) in [6, 6.07) is 9.93. The third kappa shape index (κ3) is 2.37. The molecule has 0 amide bonds. The van der Waals surface area contributed by atoms with Crippen LogP contribution in [0.15, 0.2) is 30.3 Å². The van der Waals surface area contributed by atoms with Crippen molar-refractivity contribution < 1.29 is 0 Å². The van der Waals surface area contributed by atoms with Gasteiger partial charge >= 0.3 is 0 Å². The Bertz CT molecular complexity index is 225. The molecule has 0 fully saturated rings. The molecule has 0 saturated heterocycles. The minimum absolute atomic E-state index is 0.0655. The Kier molecular flexibility index (Phi) is 3.86. The van der Waals surface area contributed by atoms with E-state index < -0.39 is 0 Å². The number of hydrogen-bond acceptors (Lipinski definition) is 1. The van der Waals surface area contributed by atoms with E-state index in [0.29, 0.717) is 0 Å². The molecule has 0 aliphatic heterocycles. The highest BCUT2D eigenvalue weighted by atomic mass is 35.5. The predicted octanol–water partition coefficient (Wildman–Crippen LogP) is 3.10. The Hall–Kier alpha value is -0.240. The van der Waals surface area contributed by atoms with E-state index in [1.807, 2.05) is 37.3 Å². The molecule has 0 aliphatic carbocycles. The first-order valence-corrected chi connectivity index (χ1v) is 4.62. The van der Waals surface area contributed by atoms with Gasteiger partial charge in [-0.05, 0) is 24.3 Å². The minimum Gasteiger partial charge on any atom is -0.229 e. The van der Waals surface area contributed by atoms with Crippen LogP contribution in [0.1, 0.15) is 17.9 Å². The lowest BCUT2D eigenvalue weighted by molar-refractivity contribution is 0.660. The number of alkyl halides is 1. The van der Waals surface area contributed by atoms with Crippen LogP contribution in [0.25, 0.3) is 0 Å². The maximum Gasteiger partial charge on any atom is 0.0748 e. The summed E-state index contributed by atoms with van der Waals surface area (Å²) in [6.07, 6.45) is 0. The van der Waals surface area contributed by atoms with Gasteiger partial charge in [0.05, 0.1) is 5.38 Å². The molecule has 1 N–H and O–H groups in total. The summed E-state index contributed by atoms with van der Waals surface area (Å²) in [7, 11) is 0. The van der Waals surface area contributed by atoms with Gasteiger partial charge in [0.15, 0.2) is 0 Å². The molecule has 0 bridgehead atoms. The largest absolute Gasteiger partial charge is 0.229 e. The zero-order chi connectivity index (χ0) is 8.97. The van der Waals surface area contributed by atoms with Crippen LogP contribution >= 0.6 is 23.4 Å². The van der Waals surface area contributed by atoms with Crippen molar-refractivity contribution in [2.24, 2.45) is 0 Å². The first-order valence-electron chi connectivity index (χ1n) is 3.81. The van der Waals surface area contributed by atoms with E-state index in [1.54, 1.807) is 0 Å². The number of halogens is 2. The van der Waals surface area contributed by atoms with Gasteiger partial charge in [-0.3, -0.25) is 0 Å². The summed E-state index contributed by atoms with van der Waals surface area (Å²) in [5.41, 5.74) is 1.08. The average Bonchev–Trinajstić information content (AvgIpc) is 2.17. The highest BCUT2D eigenvalue weighted by molar-refractivity contribution is 6.22. The highest BCUT2D eigenvalue weighted by Crippen LogP contribution is 2.23. The quantitative estimate of drug-likeness (QED) is 0.589. The third-order valence-corrected chi connectivity index (χ3v) is 2.70. The summed E-state index contributed by atoms with van der Waals surface area (Å²) in [5.74, 6) is 0. The molecule has 1 aromatic carbocycles. The van der Waals surface area contributed by atoms with Crippen LogP contribution in [0.5, 0.6) is 0 Å². The standard InChI is InChI=1S/C9H11Cl2N/c1-7(12-11)9(10)8-5-3-2-4-6-8/h2-7,9,12H,1H3/t7-,9-/m0/s1. The molecule has 0 heterocycles. The van der Waals surface area contributed by atoms with Crippen molar-refractivity contribution in [2.45, 2.75) is 18.3 Å². The van der Waals surface area contributed by atoms with E-state index >= 15 is 0 Å². The summed E-state index contributed by atoms with van der Waals surface area (Å²) in [6.45, 7) is 1.94. The average molecular weight is 204 g/mol. The van der Waals surface area contributed by atoms with Crippen LogP contribution < -0.4 is 4.84 Å². The first kappa shape index (κ1) is 9.85. The van der Waals surface area contributed by atoms with Crippen LogP contribution in [0, 0.1) is 0 Å². The fourth-order valence-electron chi connectivity index (χ4n) is 0.981. The molecule has 0 saturated carbocycles. The van der Waals surface area contributed by atoms with E-state index in [4.69, 9.17) is 23.4 Å². The van der Waals surface area contributed by atoms with E-state index in [1.165, 1.54) is 0 Å². The lowest BCUT2D eigenvalue weighted by Crippen LogP contribution is -2.21. The second-order valence-corrected chi connectivity index (χ2v) is 3.40. The topological polar surface area (TPSA) is 12.0 Å². The molecule has 12 heavy (non-hydrogen) atoms. The SMILES string of the molecule is C[C@H](NCl)[C@H](Cl)c1ccccc1. The van der Waals surface area contributed by atoms with Crippen molar-refractivity contribution in [3.63, 3.8) is 0 Å². The molecule has 66 valence electrons. The van der Waals surface area contributed by atoms with E-state index in [9.17, 15) is 0 Å². The summed E-state index contributed by atoms with van der Waals surface area (Å²) < 4.78 is 0. The summed E-state index contributed by atoms with van der Waals surface area (Å²) in [4.78, 5) is 2.60. The molecular weight excluding hydrogens is 193 g/mol. The molecule has 0 aromatic heterocycles. The molecule has 1 nitrogen and oxygen atoms in total. The van der Waals surface area contributed by atoms with Gasteiger partial charge in [0.25, 0.3) is 0 Å². The van der Waals surface area contributed by atoms with Crippen LogP contribution in [0.4, 0.5) is 0 Å². The molecule has 1 aromatic rings. The van der Waals surface area contributed by atoms with Gasteiger partial charge in [-0.15, -0.1) is 11.6 Å². The normalized spacial score (nSPS) is 15.6. The Balaban J connectivity index is 2.71. The van der Waals surface area contributed by atoms with Crippen LogP contribution in [0.2, 0.25) is 0 Å². The van der Waals surface area contributed by atoms with Crippen molar-refractivity contribution >= 4 is 23.4 Å². The number of rotatable bonds is 3. The third-order valence-electron chi connectivity index (χ3n) is 1.73. The molecule has 0 spiro atoms. The Morgan fingerprint density at radius 2 is 1.83 bits per heavy atom. The van der Waals surface area contributed by atoms with E-state index in [-0.39, 0.29) is 11.4 Å². The lowest BCUT2D eigenvalue weighted by Gasteiger charge is -2.15. The smallest absolute Gasteiger partial charge is 0.0748 e. The second-order valence-electron chi connectivity index (χ2n) is 2.71. The minimum atomic E-state index is -0.0799. The fraction of sp³-hybridized carbons (Fsp3) is 0.333. The number of hydrogen-bond donors (Lipinski definition) is 1. The molecular formula is C9H11Cl2N. The Morgan fingerprint density at radius 3 is 2.33 bits per heavy atom. The molecule has 0 aliphatic rings. The fourth-order valence-corrected chi connectivity index (χ4v) is 1.38. The van der Waals surface area contributed by atoms with Gasteiger partial charge in [-0.25, -0.2) is 4.84 Å². The van der Waals surface area contributed by atoms with Crippen LogP contribution in [-0.4, -0.2) is 6.04 Å². The monoisotopic (exact) mass is 203 g/mol. The lowest BCUT2D eigenvalue weighted by atomic mass is 10.1. The first-order chi connectivity index (χ1) is 5.75. The number of nitrogens with one attached hydrogen (secondary N) is 1. The second kappa shape index (κ2) is 4.70. The number of benzene rings is 1. The van der Waals surface area contributed by atoms with Gasteiger partial charge in [0, 0.05) is 6.04 Å². The van der Waals surface area contributed by atoms with Crippen molar-refractivity contribution in [1.29, 1.82) is 0 Å². The van der Waals surface area contributed by atoms with Crippen LogP contribution in [0.3, 0.4) is 0 Å². The van der Waals surface area contributed by atoms with Crippen molar-refractivity contribution in [2.75, 3.05) is 0 Å². The van der Waals surface area contributed by atoms with Gasteiger partial charge < -0.3 is 0 Å². The van der Waals surface area contributed by atoms with Crippen molar-refractivity contribution in [3.05, 3.63) is 35.9 Å². The maximum absolute atomic E-state index is 6.11. The molecule has 0 unspecified atom stereocenters. The Morgan fingerprint density at radius 1 is 1.25 bits per heavy atom. The molecule has 1 rings (SSSR count). The van der Waals surface area contributed by atoms with Crippen molar-refractivity contribution in [3.8, 4) is 0 Å². The predicted molar refractivity (Wildman–Crippen MR) is 53.5 cm³/mol. The zero-order valence-corrected chi connectivity index (χ0v) is 8.31. The maximum atomic E-state index is 6.11. The Labute approximate surface area is 82.8 Å². The summed E-state index contributed by atoms with van der Waals surface area (Å²) in [5, 5.41) is -0.0799. The molecule has 2 atom stereocenters. The molecule has 0 radical (unpaired) electrons. The molecule has 3 heteroatoms. The van der Waals surface area contributed by atoms with Crippen LogP contribution in [-0.2, 0) is 0 Å². The highest BCUT2D eigenvalue weighted by Gasteiger charge is 2.14. The van der Waals surface area contributed by atoms with Gasteiger partial charge in [-0.1, -0.05) is 30.3 Å². The van der Waals surface area contributed by atoms with E-state index in [2.05, 4.69) is 4.84 Å². The zero-order valence-electron chi connectivity index (χ0n) is 6.80.